The molecule has 1 aliphatic heterocycles. The molecule has 0 unspecified atom stereocenters. The monoisotopic (exact) mass is 327 g/mol. The lowest BCUT2D eigenvalue weighted by atomic mass is 10.1. The predicted molar refractivity (Wildman–Crippen MR) is 85.5 cm³/mol. The number of nitrogens with zero attached hydrogens (tertiary/aromatic N) is 1. The Balaban J connectivity index is 1.88. The van der Waals surface area contributed by atoms with Gasteiger partial charge in [-0.1, -0.05) is 23.7 Å². The van der Waals surface area contributed by atoms with Crippen molar-refractivity contribution in [3.8, 4) is 0 Å². The summed E-state index contributed by atoms with van der Waals surface area (Å²) >= 11 is 5.82. The highest BCUT2D eigenvalue weighted by Crippen LogP contribution is 2.20. The third-order valence-corrected chi connectivity index (χ3v) is 3.42. The first-order valence-electron chi connectivity index (χ1n) is 6.65. The van der Waals surface area contributed by atoms with Gasteiger partial charge >= 0.3 is 11.9 Å². The van der Waals surface area contributed by atoms with E-state index in [2.05, 4.69) is 4.99 Å². The zero-order valence-electron chi connectivity index (χ0n) is 11.7. The minimum absolute atomic E-state index is 0.151. The van der Waals surface area contributed by atoms with E-state index in [1.807, 2.05) is 0 Å². The lowest BCUT2D eigenvalue weighted by molar-refractivity contribution is -0.129. The Bertz CT molecular complexity index is 836. The molecule has 0 fully saturated rings. The van der Waals surface area contributed by atoms with Crippen molar-refractivity contribution in [2.45, 2.75) is 0 Å². The highest BCUT2D eigenvalue weighted by atomic mass is 35.5. The number of ether oxygens (including phenoxy) is 1. The molecule has 0 aliphatic carbocycles. The lowest BCUT2D eigenvalue weighted by Crippen LogP contribution is -2.05. The van der Waals surface area contributed by atoms with Crippen LogP contribution in [-0.2, 0) is 9.53 Å². The first-order chi connectivity index (χ1) is 11.0. The average molecular weight is 328 g/mol. The molecule has 1 aliphatic rings. The molecular formula is C17H10ClNO4. The Labute approximate surface area is 136 Å². The van der Waals surface area contributed by atoms with Crippen LogP contribution in [0.1, 0.15) is 21.5 Å². The molecule has 3 rings (SSSR count). The van der Waals surface area contributed by atoms with Crippen LogP contribution >= 0.6 is 11.6 Å². The van der Waals surface area contributed by atoms with Gasteiger partial charge in [0.1, 0.15) is 0 Å². The summed E-state index contributed by atoms with van der Waals surface area (Å²) in [6.07, 6.45) is 1.54. The van der Waals surface area contributed by atoms with Crippen LogP contribution in [0.4, 0.5) is 0 Å². The maximum absolute atomic E-state index is 11.9. The normalized spacial score (nSPS) is 15.4. The van der Waals surface area contributed by atoms with Gasteiger partial charge in [0, 0.05) is 10.6 Å². The second-order valence-electron chi connectivity index (χ2n) is 4.77. The number of carboxylic acids is 1. The Morgan fingerprint density at radius 2 is 1.74 bits per heavy atom. The van der Waals surface area contributed by atoms with E-state index >= 15 is 0 Å². The van der Waals surface area contributed by atoms with Gasteiger partial charge in [0.05, 0.1) is 5.56 Å². The van der Waals surface area contributed by atoms with Crippen molar-refractivity contribution in [2.24, 2.45) is 4.99 Å². The second-order valence-corrected chi connectivity index (χ2v) is 5.21. The molecular weight excluding hydrogens is 318 g/mol. The van der Waals surface area contributed by atoms with Gasteiger partial charge in [0.25, 0.3) is 0 Å². The molecule has 114 valence electrons. The molecule has 6 heteroatoms. The summed E-state index contributed by atoms with van der Waals surface area (Å²) in [5.41, 5.74) is 1.62. The summed E-state index contributed by atoms with van der Waals surface area (Å²) < 4.78 is 5.14. The van der Waals surface area contributed by atoms with Crippen LogP contribution in [0.25, 0.3) is 6.08 Å². The number of aliphatic imine (C=N–C) groups is 1. The van der Waals surface area contributed by atoms with Gasteiger partial charge in [0.15, 0.2) is 5.70 Å². The highest BCUT2D eigenvalue weighted by Gasteiger charge is 2.24. The average Bonchev–Trinajstić information content (AvgIpc) is 2.89. The Morgan fingerprint density at radius 3 is 2.35 bits per heavy atom. The van der Waals surface area contributed by atoms with Crippen LogP contribution in [-0.4, -0.2) is 22.9 Å². The van der Waals surface area contributed by atoms with E-state index in [1.54, 1.807) is 36.4 Å². The Morgan fingerprint density at radius 1 is 1.09 bits per heavy atom. The van der Waals surface area contributed by atoms with Crippen molar-refractivity contribution in [3.05, 3.63) is 75.9 Å². The summed E-state index contributed by atoms with van der Waals surface area (Å²) in [4.78, 5) is 26.9. The van der Waals surface area contributed by atoms with Crippen molar-refractivity contribution in [2.75, 3.05) is 0 Å². The van der Waals surface area contributed by atoms with Gasteiger partial charge in [-0.2, -0.15) is 0 Å². The third kappa shape index (κ3) is 3.30. The topological polar surface area (TPSA) is 76.0 Å². The van der Waals surface area contributed by atoms with Gasteiger partial charge in [-0.3, -0.25) is 0 Å². The number of carbonyl (C=O) groups is 2. The fraction of sp³-hybridized carbons (Fsp3) is 0. The molecule has 0 saturated heterocycles. The van der Waals surface area contributed by atoms with E-state index in [0.717, 1.165) is 0 Å². The number of cyclic esters (lactones) is 1. The van der Waals surface area contributed by atoms with Gasteiger partial charge in [-0.25, -0.2) is 14.6 Å². The van der Waals surface area contributed by atoms with Crippen LogP contribution in [0, 0.1) is 0 Å². The number of rotatable bonds is 3. The van der Waals surface area contributed by atoms with Crippen molar-refractivity contribution >= 4 is 35.5 Å². The fourth-order valence-corrected chi connectivity index (χ4v) is 2.13. The lowest BCUT2D eigenvalue weighted by Gasteiger charge is -1.98. The maximum atomic E-state index is 11.9. The first-order valence-corrected chi connectivity index (χ1v) is 7.02. The molecule has 2 aromatic rings. The van der Waals surface area contributed by atoms with E-state index in [9.17, 15) is 9.59 Å². The highest BCUT2D eigenvalue weighted by molar-refractivity contribution is 6.30. The number of carboxylic acid groups (broad SMARTS) is 1. The summed E-state index contributed by atoms with van der Waals surface area (Å²) in [6, 6.07) is 12.9. The maximum Gasteiger partial charge on any atom is 0.363 e. The van der Waals surface area contributed by atoms with Crippen LogP contribution in [0.5, 0.6) is 0 Å². The summed E-state index contributed by atoms with van der Waals surface area (Å²) in [5.74, 6) is -1.36. The summed E-state index contributed by atoms with van der Waals surface area (Å²) in [7, 11) is 0. The molecule has 0 saturated carbocycles. The van der Waals surface area contributed by atoms with Gasteiger partial charge in [0.2, 0.25) is 5.90 Å². The first kappa shape index (κ1) is 15.0. The van der Waals surface area contributed by atoms with Crippen LogP contribution in [0.2, 0.25) is 5.02 Å². The third-order valence-electron chi connectivity index (χ3n) is 3.17. The molecule has 0 atom stereocenters. The van der Waals surface area contributed by atoms with E-state index in [4.69, 9.17) is 21.4 Å². The number of carbonyl (C=O) groups excluding carboxylic acids is 1. The number of halogens is 1. The molecule has 0 amide bonds. The number of aromatic carboxylic acids is 1. The SMILES string of the molecule is O=C1OC(c2ccc(Cl)cc2)=N/C1=C/c1ccc(C(=O)O)cc1. The van der Waals surface area contributed by atoms with Gasteiger partial charge < -0.3 is 9.84 Å². The predicted octanol–water partition coefficient (Wildman–Crippen LogP) is 3.38. The quantitative estimate of drug-likeness (QED) is 0.692. The number of hydrogen-bond acceptors (Lipinski definition) is 4. The van der Waals surface area contributed by atoms with Crippen LogP contribution < -0.4 is 0 Å². The van der Waals surface area contributed by atoms with Crippen molar-refractivity contribution < 1.29 is 19.4 Å². The summed E-state index contributed by atoms with van der Waals surface area (Å²) in [6.45, 7) is 0. The Kier molecular flexibility index (Phi) is 3.95. The molecule has 23 heavy (non-hydrogen) atoms. The largest absolute Gasteiger partial charge is 0.478 e. The summed E-state index contributed by atoms with van der Waals surface area (Å²) in [5, 5.41) is 9.44. The fourth-order valence-electron chi connectivity index (χ4n) is 2.00. The van der Waals surface area contributed by atoms with Crippen LogP contribution in [0.3, 0.4) is 0 Å². The number of hydrogen-bond donors (Lipinski definition) is 1. The molecule has 1 N–H and O–H groups in total. The molecule has 2 aromatic carbocycles. The van der Waals surface area contributed by atoms with Crippen LogP contribution in [0.15, 0.2) is 59.2 Å². The van der Waals surface area contributed by atoms with E-state index in [1.165, 1.54) is 18.2 Å². The molecule has 1 heterocycles. The minimum Gasteiger partial charge on any atom is -0.478 e. The molecule has 0 aromatic heterocycles. The molecule has 0 spiro atoms. The zero-order chi connectivity index (χ0) is 16.4. The van der Waals surface area contributed by atoms with Crippen molar-refractivity contribution in [1.29, 1.82) is 0 Å². The van der Waals surface area contributed by atoms with E-state index < -0.39 is 11.9 Å². The van der Waals surface area contributed by atoms with Gasteiger partial charge in [-0.15, -0.1) is 0 Å². The Hall–Kier alpha value is -2.92. The standard InChI is InChI=1S/C17H10ClNO4/c18-13-7-5-11(6-8-13)15-19-14(17(22)23-15)9-10-1-3-12(4-2-10)16(20)21/h1-9H,(H,20,21)/b14-9+. The number of esters is 1. The van der Waals surface area contributed by atoms with Crippen molar-refractivity contribution in [3.63, 3.8) is 0 Å². The molecule has 0 radical (unpaired) electrons. The minimum atomic E-state index is -1.01. The van der Waals surface area contributed by atoms with E-state index in [0.29, 0.717) is 16.1 Å². The number of benzene rings is 2. The molecule has 5 nitrogen and oxygen atoms in total. The van der Waals surface area contributed by atoms with E-state index in [-0.39, 0.29) is 17.2 Å². The van der Waals surface area contributed by atoms with Crippen molar-refractivity contribution in [1.82, 2.24) is 0 Å². The zero-order valence-corrected chi connectivity index (χ0v) is 12.4. The van der Waals surface area contributed by atoms with Gasteiger partial charge in [-0.05, 0) is 48.0 Å². The smallest absolute Gasteiger partial charge is 0.363 e. The molecule has 0 bridgehead atoms. The second kappa shape index (κ2) is 6.06.